The van der Waals surface area contributed by atoms with Crippen LogP contribution in [0, 0.1) is 0 Å². The summed E-state index contributed by atoms with van der Waals surface area (Å²) in [5, 5.41) is 6.10. The quantitative estimate of drug-likeness (QED) is 0.515. The summed E-state index contributed by atoms with van der Waals surface area (Å²) in [6, 6.07) is 24.3. The smallest absolute Gasteiger partial charge is 0.254 e. The van der Waals surface area contributed by atoms with Crippen molar-refractivity contribution in [1.29, 1.82) is 0 Å². The van der Waals surface area contributed by atoms with Crippen LogP contribution in [0.15, 0.2) is 72.8 Å². The van der Waals surface area contributed by atoms with Gasteiger partial charge in [-0.2, -0.15) is 0 Å². The molecule has 160 valence electrons. The summed E-state index contributed by atoms with van der Waals surface area (Å²) in [5.41, 5.74) is 3.31. The van der Waals surface area contributed by atoms with E-state index >= 15 is 0 Å². The number of carbonyl (C=O) groups is 2. The van der Waals surface area contributed by atoms with Crippen molar-refractivity contribution in [2.24, 2.45) is 0 Å². The molecule has 0 bridgehead atoms. The lowest BCUT2D eigenvalue weighted by Crippen LogP contribution is -2.46. The SMILES string of the molecule is CC(=O)NC1CCN(C(=O)c2cc(-c3cccc4ccccc34)nc3ccccc23)CC1. The molecule has 1 N–H and O–H groups in total. The Morgan fingerprint density at radius 2 is 1.59 bits per heavy atom. The largest absolute Gasteiger partial charge is 0.353 e. The Hall–Kier alpha value is -3.73. The van der Waals surface area contributed by atoms with Gasteiger partial charge >= 0.3 is 0 Å². The van der Waals surface area contributed by atoms with Crippen LogP contribution in [0.5, 0.6) is 0 Å². The summed E-state index contributed by atoms with van der Waals surface area (Å²) in [5.74, 6) is 0.000922. The number of nitrogens with zero attached hydrogens (tertiary/aromatic N) is 2. The summed E-state index contributed by atoms with van der Waals surface area (Å²) < 4.78 is 0. The third kappa shape index (κ3) is 3.82. The van der Waals surface area contributed by atoms with Crippen LogP contribution in [0.3, 0.4) is 0 Å². The minimum absolute atomic E-state index is 0.0189. The number of nitrogens with one attached hydrogen (secondary N) is 1. The Bertz CT molecular complexity index is 1320. The molecule has 1 aliphatic rings. The fraction of sp³-hybridized carbons (Fsp3) is 0.222. The Kier molecular flexibility index (Phi) is 5.31. The third-order valence-electron chi connectivity index (χ3n) is 6.20. The highest BCUT2D eigenvalue weighted by atomic mass is 16.2. The standard InChI is InChI=1S/C27H25N3O2/c1-18(31)28-20-13-15-30(16-14-20)27(32)24-17-26(29-25-12-5-4-10-23(24)25)22-11-6-8-19-7-2-3-9-21(19)22/h2-12,17,20H,13-16H2,1H3,(H,28,31). The lowest BCUT2D eigenvalue weighted by atomic mass is 9.98. The molecule has 32 heavy (non-hydrogen) atoms. The van der Waals surface area contributed by atoms with Crippen molar-refractivity contribution in [1.82, 2.24) is 15.2 Å². The van der Waals surface area contributed by atoms with Gasteiger partial charge in [0.1, 0.15) is 0 Å². The molecule has 1 aliphatic heterocycles. The van der Waals surface area contributed by atoms with Crippen molar-refractivity contribution in [3.63, 3.8) is 0 Å². The molecule has 2 heterocycles. The molecule has 0 atom stereocenters. The van der Waals surface area contributed by atoms with Gasteiger partial charge in [-0.3, -0.25) is 9.59 Å². The van der Waals surface area contributed by atoms with Crippen molar-refractivity contribution in [3.05, 3.63) is 78.4 Å². The van der Waals surface area contributed by atoms with E-state index in [1.165, 1.54) is 6.92 Å². The fourth-order valence-corrected chi connectivity index (χ4v) is 4.62. The zero-order chi connectivity index (χ0) is 22.1. The van der Waals surface area contributed by atoms with E-state index in [0.29, 0.717) is 18.7 Å². The van der Waals surface area contributed by atoms with Crippen molar-refractivity contribution < 1.29 is 9.59 Å². The number of carbonyl (C=O) groups excluding carboxylic acids is 2. The third-order valence-corrected chi connectivity index (χ3v) is 6.20. The molecule has 5 heteroatoms. The highest BCUT2D eigenvalue weighted by molar-refractivity contribution is 6.08. The number of rotatable bonds is 3. The van der Waals surface area contributed by atoms with Crippen molar-refractivity contribution >= 4 is 33.5 Å². The number of pyridine rings is 1. The van der Waals surface area contributed by atoms with Gasteiger partial charge in [0.2, 0.25) is 5.91 Å². The van der Waals surface area contributed by atoms with E-state index in [1.54, 1.807) is 0 Å². The number of aromatic nitrogens is 1. The van der Waals surface area contributed by atoms with E-state index in [4.69, 9.17) is 4.98 Å². The molecule has 5 rings (SSSR count). The van der Waals surface area contributed by atoms with E-state index in [9.17, 15) is 9.59 Å². The maximum absolute atomic E-state index is 13.6. The average molecular weight is 424 g/mol. The van der Waals surface area contributed by atoms with E-state index in [2.05, 4.69) is 29.6 Å². The van der Waals surface area contributed by atoms with Crippen molar-refractivity contribution in [2.75, 3.05) is 13.1 Å². The Morgan fingerprint density at radius 3 is 2.38 bits per heavy atom. The number of likely N-dealkylation sites (tertiary alicyclic amines) is 1. The first-order valence-electron chi connectivity index (χ1n) is 11.0. The molecule has 4 aromatic rings. The van der Waals surface area contributed by atoms with Crippen LogP contribution in [0.4, 0.5) is 0 Å². The van der Waals surface area contributed by atoms with Crippen LogP contribution in [0.25, 0.3) is 32.9 Å². The number of piperidine rings is 1. The maximum atomic E-state index is 13.6. The molecule has 1 fully saturated rings. The van der Waals surface area contributed by atoms with Gasteiger partial charge in [0, 0.05) is 37.0 Å². The van der Waals surface area contributed by atoms with E-state index < -0.39 is 0 Å². The molecule has 1 aromatic heterocycles. The first-order valence-corrected chi connectivity index (χ1v) is 11.0. The lowest BCUT2D eigenvalue weighted by Gasteiger charge is -2.32. The van der Waals surface area contributed by atoms with Crippen LogP contribution in [0.2, 0.25) is 0 Å². The second kappa shape index (κ2) is 8.42. The van der Waals surface area contributed by atoms with Gasteiger partial charge < -0.3 is 10.2 Å². The minimum atomic E-state index is -0.0189. The molecule has 0 spiro atoms. The van der Waals surface area contributed by atoms with Crippen LogP contribution in [0.1, 0.15) is 30.1 Å². The monoisotopic (exact) mass is 423 g/mol. The first-order chi connectivity index (χ1) is 15.6. The van der Waals surface area contributed by atoms with Gasteiger partial charge in [-0.1, -0.05) is 60.7 Å². The number of fused-ring (bicyclic) bond motifs is 2. The fourth-order valence-electron chi connectivity index (χ4n) is 4.62. The average Bonchev–Trinajstić information content (AvgIpc) is 2.82. The summed E-state index contributed by atoms with van der Waals surface area (Å²) >= 11 is 0. The number of para-hydroxylation sites is 1. The van der Waals surface area contributed by atoms with E-state index in [1.807, 2.05) is 53.4 Å². The highest BCUT2D eigenvalue weighted by Crippen LogP contribution is 2.31. The van der Waals surface area contributed by atoms with Gasteiger partial charge in [-0.15, -0.1) is 0 Å². The highest BCUT2D eigenvalue weighted by Gasteiger charge is 2.26. The molecule has 2 amide bonds. The second-order valence-electron chi connectivity index (χ2n) is 8.37. The summed E-state index contributed by atoms with van der Waals surface area (Å²) in [7, 11) is 0. The van der Waals surface area contributed by atoms with Gasteiger partial charge in [-0.05, 0) is 35.7 Å². The second-order valence-corrected chi connectivity index (χ2v) is 8.37. The number of hydrogen-bond donors (Lipinski definition) is 1. The molecule has 3 aromatic carbocycles. The number of benzene rings is 3. The summed E-state index contributed by atoms with van der Waals surface area (Å²) in [6.45, 7) is 2.80. The topological polar surface area (TPSA) is 62.3 Å². The normalized spacial score (nSPS) is 14.6. The molecule has 0 radical (unpaired) electrons. The van der Waals surface area contributed by atoms with Crippen LogP contribution < -0.4 is 5.32 Å². The Morgan fingerprint density at radius 1 is 0.906 bits per heavy atom. The summed E-state index contributed by atoms with van der Waals surface area (Å²) in [4.78, 5) is 31.8. The zero-order valence-corrected chi connectivity index (χ0v) is 18.0. The Balaban J connectivity index is 1.55. The van der Waals surface area contributed by atoms with Gasteiger partial charge in [0.15, 0.2) is 0 Å². The predicted octanol–water partition coefficient (Wildman–Crippen LogP) is 4.80. The van der Waals surface area contributed by atoms with Crippen LogP contribution >= 0.6 is 0 Å². The van der Waals surface area contributed by atoms with Crippen LogP contribution in [-0.4, -0.2) is 40.8 Å². The minimum Gasteiger partial charge on any atom is -0.353 e. The van der Waals surface area contributed by atoms with Crippen LogP contribution in [-0.2, 0) is 4.79 Å². The molecule has 1 saturated heterocycles. The predicted molar refractivity (Wildman–Crippen MR) is 127 cm³/mol. The number of amides is 2. The van der Waals surface area contributed by atoms with Gasteiger partial charge in [-0.25, -0.2) is 4.98 Å². The van der Waals surface area contributed by atoms with Gasteiger partial charge in [0.25, 0.3) is 5.91 Å². The molecular weight excluding hydrogens is 398 g/mol. The van der Waals surface area contributed by atoms with Gasteiger partial charge in [0.05, 0.1) is 16.8 Å². The van der Waals surface area contributed by atoms with Crippen molar-refractivity contribution in [2.45, 2.75) is 25.8 Å². The van der Waals surface area contributed by atoms with E-state index in [-0.39, 0.29) is 17.9 Å². The number of hydrogen-bond acceptors (Lipinski definition) is 3. The molecular formula is C27H25N3O2. The Labute approximate surface area is 187 Å². The van der Waals surface area contributed by atoms with E-state index in [0.717, 1.165) is 45.8 Å². The molecule has 0 saturated carbocycles. The first kappa shape index (κ1) is 20.2. The molecule has 5 nitrogen and oxygen atoms in total. The lowest BCUT2D eigenvalue weighted by molar-refractivity contribution is -0.119. The molecule has 0 aliphatic carbocycles. The maximum Gasteiger partial charge on any atom is 0.254 e. The zero-order valence-electron chi connectivity index (χ0n) is 18.0. The summed E-state index contributed by atoms with van der Waals surface area (Å²) in [6.07, 6.45) is 1.54. The molecule has 0 unspecified atom stereocenters. The van der Waals surface area contributed by atoms with Crippen molar-refractivity contribution in [3.8, 4) is 11.3 Å².